The van der Waals surface area contributed by atoms with Crippen molar-refractivity contribution in [1.82, 2.24) is 0 Å². The molecule has 0 aliphatic carbocycles. The lowest BCUT2D eigenvalue weighted by molar-refractivity contribution is 0.00578. The minimum atomic E-state index is -5.19. The van der Waals surface area contributed by atoms with Crippen molar-refractivity contribution >= 4 is 23.1 Å². The van der Waals surface area contributed by atoms with Gasteiger partial charge < -0.3 is 13.5 Å². The van der Waals surface area contributed by atoms with Crippen LogP contribution in [0.25, 0.3) is 0 Å². The molecule has 8 heteroatoms. The van der Waals surface area contributed by atoms with Crippen molar-refractivity contribution in [2.45, 2.75) is 66.1 Å². The number of hydrogen-bond donors (Lipinski definition) is 0. The maximum absolute atomic E-state index is 13.3. The predicted octanol–water partition coefficient (Wildman–Crippen LogP) is 2.68. The molecule has 0 aromatic heterocycles. The minimum Gasteiger partial charge on any atom is -0.399 e. The summed E-state index contributed by atoms with van der Waals surface area (Å²) in [6.07, 6.45) is 5.70. The Morgan fingerprint density at radius 2 is 1.58 bits per heavy atom. The normalized spacial score (nSPS) is 18.7. The van der Waals surface area contributed by atoms with Crippen LogP contribution in [-0.4, -0.2) is 26.7 Å². The third-order valence-electron chi connectivity index (χ3n) is 5.35. The topological polar surface area (TPSA) is 61.8 Å². The fourth-order valence-corrected chi connectivity index (χ4v) is 3.62. The zero-order valence-electron chi connectivity index (χ0n) is 16.2. The predicted molar refractivity (Wildman–Crippen MR) is 99.6 cm³/mol. The molecule has 0 saturated carbocycles. The van der Waals surface area contributed by atoms with E-state index in [1.54, 1.807) is 13.8 Å². The molecule has 2 rings (SSSR count). The second kappa shape index (κ2) is 6.56. The molecule has 1 saturated heterocycles. The number of terminal acetylenes is 1. The summed E-state index contributed by atoms with van der Waals surface area (Å²) in [6.45, 7) is 12.8. The van der Waals surface area contributed by atoms with Crippen molar-refractivity contribution in [3.05, 3.63) is 22.3 Å². The van der Waals surface area contributed by atoms with Gasteiger partial charge in [-0.2, -0.15) is 8.42 Å². The van der Waals surface area contributed by atoms with Crippen molar-refractivity contribution < 1.29 is 25.8 Å². The maximum atomic E-state index is 13.3. The van der Waals surface area contributed by atoms with Crippen LogP contribution in [-0.2, 0) is 26.2 Å². The number of benzene rings is 1. The molecule has 26 heavy (non-hydrogen) atoms. The van der Waals surface area contributed by atoms with Gasteiger partial charge in [0.05, 0.1) is 11.2 Å². The molecule has 1 heterocycles. The van der Waals surface area contributed by atoms with Gasteiger partial charge in [-0.25, -0.2) is 0 Å². The van der Waals surface area contributed by atoms with Crippen molar-refractivity contribution in [3.63, 3.8) is 0 Å². The lowest BCUT2D eigenvalue weighted by Gasteiger charge is -2.32. The molecule has 0 bridgehead atoms. The van der Waals surface area contributed by atoms with E-state index in [2.05, 4.69) is 10.1 Å². The van der Waals surface area contributed by atoms with Gasteiger partial charge in [0.2, 0.25) is 0 Å². The van der Waals surface area contributed by atoms with Crippen LogP contribution in [0.5, 0.6) is 5.75 Å². The van der Waals surface area contributed by atoms with E-state index >= 15 is 0 Å². The average molecular weight is 382 g/mol. The van der Waals surface area contributed by atoms with Crippen molar-refractivity contribution in [2.75, 3.05) is 0 Å². The Morgan fingerprint density at radius 1 is 1.08 bits per heavy atom. The summed E-state index contributed by atoms with van der Waals surface area (Å²) in [5.41, 5.74) is 1.89. The third kappa shape index (κ3) is 3.61. The van der Waals surface area contributed by atoms with Crippen LogP contribution in [0.2, 0.25) is 0 Å². The Bertz CT molecular complexity index is 868. The molecule has 142 valence electrons. The molecular weight excluding hydrogens is 358 g/mol. The molecule has 1 aliphatic heterocycles. The molecule has 5 nitrogen and oxygen atoms in total. The van der Waals surface area contributed by atoms with Gasteiger partial charge in [-0.15, -0.1) is 12.3 Å². The SMILES string of the molecule is C#CCc1c(C)c(OS(=O)(=O)F)c(C)c(B2OC(C)(C)C(C)(C)O2)c1C. The Morgan fingerprint density at radius 3 is 2.00 bits per heavy atom. The Labute approximate surface area is 155 Å². The molecule has 0 N–H and O–H groups in total. The van der Waals surface area contributed by atoms with Crippen LogP contribution in [0.15, 0.2) is 0 Å². The summed E-state index contributed by atoms with van der Waals surface area (Å²) in [4.78, 5) is 0. The highest BCUT2D eigenvalue weighted by atomic mass is 32.3. The van der Waals surface area contributed by atoms with Gasteiger partial charge >= 0.3 is 17.6 Å². The van der Waals surface area contributed by atoms with Crippen molar-refractivity contribution in [3.8, 4) is 18.1 Å². The van der Waals surface area contributed by atoms with Crippen LogP contribution < -0.4 is 9.65 Å². The molecule has 1 aromatic rings. The van der Waals surface area contributed by atoms with Gasteiger partial charge in [0, 0.05) is 6.42 Å². The molecule has 1 fully saturated rings. The zero-order valence-corrected chi connectivity index (χ0v) is 17.0. The first-order chi connectivity index (χ1) is 11.7. The summed E-state index contributed by atoms with van der Waals surface area (Å²) in [7, 11) is -5.93. The molecule has 0 atom stereocenters. The number of halogens is 1. The highest BCUT2D eigenvalue weighted by molar-refractivity contribution is 7.81. The quantitative estimate of drug-likeness (QED) is 0.455. The van der Waals surface area contributed by atoms with Gasteiger partial charge in [-0.3, -0.25) is 0 Å². The fourth-order valence-electron chi connectivity index (χ4n) is 3.17. The number of rotatable bonds is 4. The Hall–Kier alpha value is -1.56. The largest absolute Gasteiger partial charge is 0.495 e. The van der Waals surface area contributed by atoms with Crippen molar-refractivity contribution in [1.29, 1.82) is 0 Å². The summed E-state index contributed by atoms with van der Waals surface area (Å²) in [5.74, 6) is 2.47. The molecular formula is C18H24BFO5S. The van der Waals surface area contributed by atoms with E-state index in [0.29, 0.717) is 22.2 Å². The standard InChI is InChI=1S/C18H24BFO5S/c1-9-10-14-11(2)15(19-24-17(5,6)18(7,8)25-19)13(4)16(12(14)3)23-26(20,21)22/h1H,10H2,2-8H3. The van der Waals surface area contributed by atoms with Gasteiger partial charge in [0.1, 0.15) is 0 Å². The van der Waals surface area contributed by atoms with Gasteiger partial charge in [0.15, 0.2) is 5.75 Å². The maximum Gasteiger partial charge on any atom is 0.495 e. The summed E-state index contributed by atoms with van der Waals surface area (Å²) < 4.78 is 52.3. The van der Waals surface area contributed by atoms with Crippen molar-refractivity contribution in [2.24, 2.45) is 0 Å². The first-order valence-electron chi connectivity index (χ1n) is 8.27. The number of hydrogen-bond acceptors (Lipinski definition) is 5. The van der Waals surface area contributed by atoms with Crippen LogP contribution in [0.4, 0.5) is 3.89 Å². The lowest BCUT2D eigenvalue weighted by atomic mass is 9.71. The minimum absolute atomic E-state index is 0.0759. The molecule has 1 aromatic carbocycles. The molecule has 0 spiro atoms. The monoisotopic (exact) mass is 382 g/mol. The van der Waals surface area contributed by atoms with Crippen LogP contribution in [0.3, 0.4) is 0 Å². The van der Waals surface area contributed by atoms with E-state index in [4.69, 9.17) is 15.7 Å². The van der Waals surface area contributed by atoms with E-state index in [1.165, 1.54) is 0 Å². The van der Waals surface area contributed by atoms with Gasteiger partial charge in [0.25, 0.3) is 0 Å². The Balaban J connectivity index is 2.72. The molecule has 0 radical (unpaired) electrons. The molecule has 1 aliphatic rings. The van der Waals surface area contributed by atoms with E-state index in [1.807, 2.05) is 34.6 Å². The molecule has 0 unspecified atom stereocenters. The summed E-state index contributed by atoms with van der Waals surface area (Å²) in [6, 6.07) is 0. The Kier molecular flexibility index (Phi) is 5.23. The second-order valence-corrected chi connectivity index (χ2v) is 8.49. The molecule has 0 amide bonds. The summed E-state index contributed by atoms with van der Waals surface area (Å²) >= 11 is 0. The van der Waals surface area contributed by atoms with E-state index in [9.17, 15) is 12.3 Å². The van der Waals surface area contributed by atoms with E-state index in [0.717, 1.165) is 5.56 Å². The highest BCUT2D eigenvalue weighted by Gasteiger charge is 2.53. The summed E-state index contributed by atoms with van der Waals surface area (Å²) in [5, 5.41) is 0. The highest BCUT2D eigenvalue weighted by Crippen LogP contribution is 2.38. The van der Waals surface area contributed by atoms with Gasteiger partial charge in [-0.05, 0) is 76.2 Å². The fraction of sp³-hybridized carbons (Fsp3) is 0.556. The lowest BCUT2D eigenvalue weighted by Crippen LogP contribution is -2.41. The first-order valence-corrected chi connectivity index (χ1v) is 9.58. The first kappa shape index (κ1) is 20.8. The van der Waals surface area contributed by atoms with Crippen LogP contribution >= 0.6 is 0 Å². The van der Waals surface area contributed by atoms with E-state index < -0.39 is 28.8 Å². The van der Waals surface area contributed by atoms with Gasteiger partial charge in [-0.1, -0.05) is 3.89 Å². The van der Waals surface area contributed by atoms with Crippen LogP contribution in [0.1, 0.15) is 49.9 Å². The van der Waals surface area contributed by atoms with Crippen LogP contribution in [0, 0.1) is 33.1 Å². The smallest absolute Gasteiger partial charge is 0.399 e. The zero-order chi connectivity index (χ0) is 20.1. The second-order valence-electron chi connectivity index (χ2n) is 7.54. The average Bonchev–Trinajstić information content (AvgIpc) is 2.67. The third-order valence-corrected chi connectivity index (χ3v) is 5.71. The van der Waals surface area contributed by atoms with E-state index in [-0.39, 0.29) is 12.2 Å².